The molecule has 1 fully saturated rings. The van der Waals surface area contributed by atoms with Crippen molar-refractivity contribution >= 4 is 17.3 Å². The fourth-order valence-corrected chi connectivity index (χ4v) is 2.47. The van der Waals surface area contributed by atoms with Crippen molar-refractivity contribution in [1.82, 2.24) is 19.1 Å². The molecule has 5 N–H and O–H groups in total. The molecule has 23 heavy (non-hydrogen) atoms. The van der Waals surface area contributed by atoms with Crippen molar-refractivity contribution in [2.45, 2.75) is 24.5 Å². The monoisotopic (exact) mass is 328 g/mol. The fourth-order valence-electron chi connectivity index (χ4n) is 2.47. The standard InChI is InChI=1S/C11H12N4O8/c16-1-3-5(17)6(18)9(23-3)14-2-12-4-7(14)13-10(20)15(8(4)19)11(21)22/h2-3,5-6,9,16-18H,1H2,(H,13,20)(H,21,22)/t3-,5?,6?,9-/m0/s1. The van der Waals surface area contributed by atoms with Gasteiger partial charge in [0.25, 0.3) is 5.56 Å². The zero-order valence-electron chi connectivity index (χ0n) is 11.4. The summed E-state index contributed by atoms with van der Waals surface area (Å²) in [7, 11) is 0. The molecule has 1 aliphatic rings. The van der Waals surface area contributed by atoms with Crippen LogP contribution in [0.3, 0.4) is 0 Å². The van der Waals surface area contributed by atoms with Gasteiger partial charge in [-0.15, -0.1) is 0 Å². The van der Waals surface area contributed by atoms with Gasteiger partial charge >= 0.3 is 11.8 Å². The molecule has 2 aromatic heterocycles. The Kier molecular flexibility index (Phi) is 3.52. The van der Waals surface area contributed by atoms with Crippen LogP contribution >= 0.6 is 0 Å². The minimum Gasteiger partial charge on any atom is -0.464 e. The first-order chi connectivity index (χ1) is 10.9. The highest BCUT2D eigenvalue weighted by Gasteiger charge is 2.44. The van der Waals surface area contributed by atoms with Crippen LogP contribution in [0.15, 0.2) is 15.9 Å². The van der Waals surface area contributed by atoms with Gasteiger partial charge in [-0.3, -0.25) is 14.3 Å². The maximum Gasteiger partial charge on any atom is 0.422 e. The van der Waals surface area contributed by atoms with Crippen LogP contribution in [-0.2, 0) is 4.74 Å². The lowest BCUT2D eigenvalue weighted by Gasteiger charge is -2.16. The number of hydrogen-bond acceptors (Lipinski definition) is 8. The molecule has 0 amide bonds. The molecule has 12 nitrogen and oxygen atoms in total. The Hall–Kier alpha value is -2.54. The van der Waals surface area contributed by atoms with Crippen molar-refractivity contribution < 1.29 is 30.0 Å². The van der Waals surface area contributed by atoms with E-state index in [1.807, 2.05) is 0 Å². The molecule has 124 valence electrons. The van der Waals surface area contributed by atoms with E-state index in [1.165, 1.54) is 0 Å². The van der Waals surface area contributed by atoms with E-state index >= 15 is 0 Å². The number of aliphatic hydroxyl groups excluding tert-OH is 3. The van der Waals surface area contributed by atoms with Gasteiger partial charge in [-0.25, -0.2) is 14.6 Å². The van der Waals surface area contributed by atoms with Crippen molar-refractivity contribution in [1.29, 1.82) is 0 Å². The predicted octanol–water partition coefficient (Wildman–Crippen LogP) is -2.98. The number of fused-ring (bicyclic) bond motifs is 1. The lowest BCUT2D eigenvalue weighted by molar-refractivity contribution is -0.0511. The molecular weight excluding hydrogens is 316 g/mol. The Balaban J connectivity index is 2.17. The second kappa shape index (κ2) is 5.27. The first-order valence-corrected chi connectivity index (χ1v) is 6.44. The fraction of sp³-hybridized carbons (Fsp3) is 0.455. The smallest absolute Gasteiger partial charge is 0.422 e. The van der Waals surface area contributed by atoms with Crippen LogP contribution in [0.5, 0.6) is 0 Å². The van der Waals surface area contributed by atoms with Gasteiger partial charge in [0.2, 0.25) is 0 Å². The van der Waals surface area contributed by atoms with Crippen molar-refractivity contribution in [2.75, 3.05) is 6.61 Å². The highest BCUT2D eigenvalue weighted by molar-refractivity contribution is 5.74. The molecule has 1 aliphatic heterocycles. The van der Waals surface area contributed by atoms with E-state index in [0.717, 1.165) is 10.9 Å². The molecular formula is C11H12N4O8. The van der Waals surface area contributed by atoms with Crippen molar-refractivity contribution in [3.05, 3.63) is 27.2 Å². The van der Waals surface area contributed by atoms with Gasteiger partial charge < -0.3 is 25.2 Å². The predicted molar refractivity (Wildman–Crippen MR) is 71.0 cm³/mol. The molecule has 3 heterocycles. The molecule has 0 bridgehead atoms. The number of aliphatic hydroxyl groups is 3. The molecule has 0 saturated carbocycles. The SMILES string of the molecule is O=C(O)n1c(=O)[nH]c2c(ncn2[C@H]2O[C@@H](CO)C(O)C2O)c1=O. The summed E-state index contributed by atoms with van der Waals surface area (Å²) < 4.78 is 6.30. The Labute approximate surface area is 125 Å². The maximum absolute atomic E-state index is 12.0. The zero-order chi connectivity index (χ0) is 16.9. The number of hydrogen-bond donors (Lipinski definition) is 5. The minimum atomic E-state index is -1.76. The molecule has 0 aromatic carbocycles. The van der Waals surface area contributed by atoms with E-state index in [-0.39, 0.29) is 15.7 Å². The van der Waals surface area contributed by atoms with E-state index in [4.69, 9.17) is 14.9 Å². The molecule has 1 saturated heterocycles. The molecule has 2 unspecified atom stereocenters. The van der Waals surface area contributed by atoms with E-state index < -0.39 is 48.5 Å². The molecule has 12 heteroatoms. The molecule has 4 atom stereocenters. The number of ether oxygens (including phenoxy) is 1. The van der Waals surface area contributed by atoms with Crippen LogP contribution in [0.4, 0.5) is 4.79 Å². The third-order valence-electron chi connectivity index (χ3n) is 3.61. The Morgan fingerprint density at radius 2 is 2.04 bits per heavy atom. The first kappa shape index (κ1) is 15.4. The van der Waals surface area contributed by atoms with Gasteiger partial charge in [-0.05, 0) is 0 Å². The normalized spacial score (nSPS) is 27.6. The molecule has 0 radical (unpaired) electrons. The zero-order valence-corrected chi connectivity index (χ0v) is 11.4. The van der Waals surface area contributed by atoms with E-state index in [1.54, 1.807) is 0 Å². The first-order valence-electron chi connectivity index (χ1n) is 6.44. The van der Waals surface area contributed by atoms with Crippen molar-refractivity contribution in [2.24, 2.45) is 0 Å². The minimum absolute atomic E-state index is 0.0447. The van der Waals surface area contributed by atoms with E-state index in [9.17, 15) is 24.6 Å². The Bertz CT molecular complexity index is 882. The average molecular weight is 328 g/mol. The Morgan fingerprint density at radius 1 is 1.35 bits per heavy atom. The van der Waals surface area contributed by atoms with Crippen LogP contribution in [0.1, 0.15) is 6.23 Å². The topological polar surface area (TPSA) is 180 Å². The maximum atomic E-state index is 12.0. The van der Waals surface area contributed by atoms with E-state index in [2.05, 4.69) is 9.97 Å². The summed E-state index contributed by atoms with van der Waals surface area (Å²) in [5.41, 5.74) is -2.89. The molecule has 0 spiro atoms. The summed E-state index contributed by atoms with van der Waals surface area (Å²) in [6.07, 6.45) is -5.82. The molecule has 0 aliphatic carbocycles. The Morgan fingerprint density at radius 3 is 2.61 bits per heavy atom. The largest absolute Gasteiger partial charge is 0.464 e. The number of carbonyl (C=O) groups is 1. The number of aromatic nitrogens is 4. The van der Waals surface area contributed by atoms with Gasteiger partial charge in [0.05, 0.1) is 12.9 Å². The summed E-state index contributed by atoms with van der Waals surface area (Å²) in [4.78, 5) is 40.5. The van der Waals surface area contributed by atoms with Gasteiger partial charge in [0.1, 0.15) is 24.0 Å². The third kappa shape index (κ3) is 2.16. The summed E-state index contributed by atoms with van der Waals surface area (Å²) in [5, 5.41) is 37.6. The van der Waals surface area contributed by atoms with E-state index in [0.29, 0.717) is 0 Å². The van der Waals surface area contributed by atoms with Crippen LogP contribution in [0, 0.1) is 0 Å². The van der Waals surface area contributed by atoms with Gasteiger partial charge in [-0.1, -0.05) is 0 Å². The van der Waals surface area contributed by atoms with Crippen LogP contribution in [0.2, 0.25) is 0 Å². The van der Waals surface area contributed by atoms with Crippen molar-refractivity contribution in [3.8, 4) is 0 Å². The van der Waals surface area contributed by atoms with Crippen LogP contribution in [0.25, 0.3) is 11.2 Å². The number of H-pyrrole nitrogens is 1. The number of imidazole rings is 1. The van der Waals surface area contributed by atoms with Crippen LogP contribution < -0.4 is 11.2 Å². The van der Waals surface area contributed by atoms with Gasteiger partial charge in [0.15, 0.2) is 11.7 Å². The second-order valence-electron chi connectivity index (χ2n) is 4.93. The lowest BCUT2D eigenvalue weighted by Crippen LogP contribution is -2.39. The third-order valence-corrected chi connectivity index (χ3v) is 3.61. The average Bonchev–Trinajstić information content (AvgIpc) is 3.01. The summed E-state index contributed by atoms with van der Waals surface area (Å²) in [6, 6.07) is 0. The lowest BCUT2D eigenvalue weighted by atomic mass is 10.1. The highest BCUT2D eigenvalue weighted by Crippen LogP contribution is 2.30. The van der Waals surface area contributed by atoms with Crippen molar-refractivity contribution in [3.63, 3.8) is 0 Å². The second-order valence-corrected chi connectivity index (χ2v) is 4.93. The summed E-state index contributed by atoms with van der Waals surface area (Å²) >= 11 is 0. The molecule has 3 rings (SSSR count). The van der Waals surface area contributed by atoms with Crippen LogP contribution in [-0.4, -0.2) is 70.5 Å². The van der Waals surface area contributed by atoms with Gasteiger partial charge in [0, 0.05) is 0 Å². The quantitative estimate of drug-likeness (QED) is 0.384. The number of aromatic amines is 1. The summed E-state index contributed by atoms with van der Waals surface area (Å²) in [6.45, 7) is -0.552. The highest BCUT2D eigenvalue weighted by atomic mass is 16.6. The number of nitrogens with one attached hydrogen (secondary N) is 1. The summed E-state index contributed by atoms with van der Waals surface area (Å²) in [5.74, 6) is 0. The van der Waals surface area contributed by atoms with Gasteiger partial charge in [-0.2, -0.15) is 4.57 Å². The number of carboxylic acid groups (broad SMARTS) is 1. The number of nitrogens with zero attached hydrogens (tertiary/aromatic N) is 3. The number of rotatable bonds is 2. The molecule has 2 aromatic rings.